The van der Waals surface area contributed by atoms with Crippen molar-refractivity contribution in [3.05, 3.63) is 44.6 Å². The first-order valence-electron chi connectivity index (χ1n) is 5.19. The van der Waals surface area contributed by atoms with Crippen LogP contribution in [0.4, 0.5) is 0 Å². The van der Waals surface area contributed by atoms with E-state index in [9.17, 15) is 9.59 Å². The highest BCUT2D eigenvalue weighted by Crippen LogP contribution is 2.24. The Bertz CT molecular complexity index is 657. The lowest BCUT2D eigenvalue weighted by Crippen LogP contribution is -2.04. The number of rotatable bonds is 3. The molecule has 2 rings (SSSR count). The van der Waals surface area contributed by atoms with Gasteiger partial charge in [0.25, 0.3) is 0 Å². The third kappa shape index (κ3) is 3.20. The van der Waals surface area contributed by atoms with Crippen LogP contribution in [0.2, 0.25) is 0 Å². The second kappa shape index (κ2) is 5.68. The topological polar surface area (TPSA) is 100 Å². The number of nitrogens with zero attached hydrogens (tertiary/aromatic N) is 2. The van der Waals surface area contributed by atoms with E-state index in [0.29, 0.717) is 8.95 Å². The third-order valence-electron chi connectivity index (χ3n) is 2.28. The summed E-state index contributed by atoms with van der Waals surface area (Å²) in [5, 5.41) is 17.9. The zero-order valence-corrected chi connectivity index (χ0v) is 12.8. The zero-order chi connectivity index (χ0) is 14.9. The lowest BCUT2D eigenvalue weighted by Gasteiger charge is -2.05. The van der Waals surface area contributed by atoms with Crippen LogP contribution in [-0.2, 0) is 0 Å². The molecule has 0 aromatic carbocycles. The molecule has 2 heterocycles. The van der Waals surface area contributed by atoms with Crippen molar-refractivity contribution in [1.82, 2.24) is 9.97 Å². The quantitative estimate of drug-likeness (QED) is 0.819. The summed E-state index contributed by atoms with van der Waals surface area (Å²) in [4.78, 5) is 29.8. The minimum atomic E-state index is -1.18. The molecule has 20 heavy (non-hydrogen) atoms. The van der Waals surface area contributed by atoms with Gasteiger partial charge >= 0.3 is 11.9 Å². The molecule has 0 unspecified atom stereocenters. The average Bonchev–Trinajstić information content (AvgIpc) is 2.37. The highest BCUT2D eigenvalue weighted by molar-refractivity contribution is 9.10. The van der Waals surface area contributed by atoms with Crippen LogP contribution in [0, 0.1) is 0 Å². The number of aromatic carboxylic acids is 2. The highest BCUT2D eigenvalue weighted by Gasteiger charge is 2.13. The molecule has 2 N–H and O–H groups in total. The summed E-state index contributed by atoms with van der Waals surface area (Å²) < 4.78 is 1.03. The first kappa shape index (κ1) is 14.6. The largest absolute Gasteiger partial charge is 0.477 e. The normalized spacial score (nSPS) is 10.3. The Morgan fingerprint density at radius 1 is 0.800 bits per heavy atom. The summed E-state index contributed by atoms with van der Waals surface area (Å²) in [6.07, 6.45) is 0. The number of hydrogen-bond acceptors (Lipinski definition) is 4. The Labute approximate surface area is 129 Å². The van der Waals surface area contributed by atoms with Gasteiger partial charge < -0.3 is 10.2 Å². The van der Waals surface area contributed by atoms with Crippen LogP contribution in [0.5, 0.6) is 0 Å². The van der Waals surface area contributed by atoms with E-state index in [0.717, 1.165) is 0 Å². The fourth-order valence-electron chi connectivity index (χ4n) is 1.48. The molecule has 0 spiro atoms. The first-order chi connectivity index (χ1) is 9.36. The van der Waals surface area contributed by atoms with Crippen LogP contribution < -0.4 is 0 Å². The van der Waals surface area contributed by atoms with E-state index >= 15 is 0 Å². The predicted octanol–water partition coefficient (Wildman–Crippen LogP) is 3.07. The summed E-state index contributed by atoms with van der Waals surface area (Å²) in [5.41, 5.74) is 0.210. The van der Waals surface area contributed by atoms with Gasteiger partial charge in [0.2, 0.25) is 0 Å². The molecule has 0 atom stereocenters. The SMILES string of the molecule is O=C(O)c1cc(Br)cc(-c2cc(Br)cc(C(=O)O)n2)n1. The summed E-state index contributed by atoms with van der Waals surface area (Å²) in [6, 6.07) is 5.82. The van der Waals surface area contributed by atoms with Crippen LogP contribution in [0.15, 0.2) is 33.2 Å². The summed E-state index contributed by atoms with van der Waals surface area (Å²) in [7, 11) is 0. The minimum absolute atomic E-state index is 0.159. The molecule has 0 aliphatic rings. The smallest absolute Gasteiger partial charge is 0.354 e. The molecule has 8 heteroatoms. The third-order valence-corrected chi connectivity index (χ3v) is 3.20. The number of carbonyl (C=O) groups is 2. The molecule has 0 bridgehead atoms. The van der Waals surface area contributed by atoms with Gasteiger partial charge in [0, 0.05) is 8.95 Å². The molecule has 0 amide bonds. The maximum atomic E-state index is 11.0. The fourth-order valence-corrected chi connectivity index (χ4v) is 2.34. The van der Waals surface area contributed by atoms with E-state index in [1.165, 1.54) is 12.1 Å². The maximum absolute atomic E-state index is 11.0. The van der Waals surface area contributed by atoms with Gasteiger partial charge in [-0.1, -0.05) is 31.9 Å². The molecule has 102 valence electrons. The van der Waals surface area contributed by atoms with Crippen molar-refractivity contribution in [1.29, 1.82) is 0 Å². The summed E-state index contributed by atoms with van der Waals surface area (Å²) >= 11 is 6.37. The molecule has 0 fully saturated rings. The molecular formula is C12H6Br2N2O4. The maximum Gasteiger partial charge on any atom is 0.354 e. The Hall–Kier alpha value is -1.80. The standard InChI is InChI=1S/C12H6Br2N2O4/c13-5-1-7(15-9(3-5)11(17)18)8-2-6(14)4-10(16-8)12(19)20/h1-4H,(H,17,18)(H,19,20). The molecule has 2 aromatic rings. The number of hydrogen-bond donors (Lipinski definition) is 2. The van der Waals surface area contributed by atoms with E-state index in [-0.39, 0.29) is 22.8 Å². The molecule has 6 nitrogen and oxygen atoms in total. The molecule has 2 aromatic heterocycles. The van der Waals surface area contributed by atoms with Gasteiger partial charge in [0.05, 0.1) is 11.4 Å². The zero-order valence-electron chi connectivity index (χ0n) is 9.67. The lowest BCUT2D eigenvalue weighted by atomic mass is 10.2. The molecular weight excluding hydrogens is 396 g/mol. The van der Waals surface area contributed by atoms with Crippen LogP contribution in [0.1, 0.15) is 21.0 Å². The van der Waals surface area contributed by atoms with Crippen LogP contribution in [-0.4, -0.2) is 32.1 Å². The number of carboxylic acids is 2. The van der Waals surface area contributed by atoms with Crippen LogP contribution >= 0.6 is 31.9 Å². The molecule has 0 radical (unpaired) electrons. The lowest BCUT2D eigenvalue weighted by molar-refractivity contribution is 0.0679. The second-order valence-electron chi connectivity index (χ2n) is 3.72. The Balaban J connectivity index is 2.62. The second-order valence-corrected chi connectivity index (χ2v) is 5.55. The van der Waals surface area contributed by atoms with Crippen molar-refractivity contribution in [2.75, 3.05) is 0 Å². The van der Waals surface area contributed by atoms with Crippen molar-refractivity contribution in [3.8, 4) is 11.4 Å². The van der Waals surface area contributed by atoms with Gasteiger partial charge in [-0.05, 0) is 24.3 Å². The fraction of sp³-hybridized carbons (Fsp3) is 0. The molecule has 0 saturated heterocycles. The van der Waals surface area contributed by atoms with Gasteiger partial charge in [-0.25, -0.2) is 19.6 Å². The van der Waals surface area contributed by atoms with Gasteiger partial charge in [-0.15, -0.1) is 0 Å². The van der Waals surface area contributed by atoms with E-state index in [2.05, 4.69) is 41.8 Å². The Morgan fingerprint density at radius 2 is 1.15 bits per heavy atom. The highest BCUT2D eigenvalue weighted by atomic mass is 79.9. The van der Waals surface area contributed by atoms with Crippen LogP contribution in [0.25, 0.3) is 11.4 Å². The summed E-state index contributed by atoms with van der Waals surface area (Å²) in [5.74, 6) is -2.36. The summed E-state index contributed by atoms with van der Waals surface area (Å²) in [6.45, 7) is 0. The number of halogens is 2. The van der Waals surface area contributed by atoms with Crippen molar-refractivity contribution in [2.24, 2.45) is 0 Å². The van der Waals surface area contributed by atoms with E-state index in [1.807, 2.05) is 0 Å². The van der Waals surface area contributed by atoms with Gasteiger partial charge in [-0.3, -0.25) is 0 Å². The predicted molar refractivity (Wildman–Crippen MR) is 76.8 cm³/mol. The average molecular weight is 402 g/mol. The first-order valence-corrected chi connectivity index (χ1v) is 6.77. The van der Waals surface area contributed by atoms with E-state index < -0.39 is 11.9 Å². The van der Waals surface area contributed by atoms with Gasteiger partial charge in [0.1, 0.15) is 11.4 Å². The number of carboxylic acid groups (broad SMARTS) is 2. The number of pyridine rings is 2. The molecule has 0 aliphatic carbocycles. The van der Waals surface area contributed by atoms with Crippen molar-refractivity contribution in [3.63, 3.8) is 0 Å². The van der Waals surface area contributed by atoms with E-state index in [1.54, 1.807) is 12.1 Å². The van der Waals surface area contributed by atoms with Crippen molar-refractivity contribution in [2.45, 2.75) is 0 Å². The number of aromatic nitrogens is 2. The van der Waals surface area contributed by atoms with E-state index in [4.69, 9.17) is 10.2 Å². The Morgan fingerprint density at radius 3 is 1.45 bits per heavy atom. The molecule has 0 aliphatic heterocycles. The van der Waals surface area contributed by atoms with Gasteiger partial charge in [0.15, 0.2) is 0 Å². The van der Waals surface area contributed by atoms with Crippen molar-refractivity contribution >= 4 is 43.8 Å². The van der Waals surface area contributed by atoms with Gasteiger partial charge in [-0.2, -0.15) is 0 Å². The Kier molecular flexibility index (Phi) is 4.15. The van der Waals surface area contributed by atoms with Crippen LogP contribution in [0.3, 0.4) is 0 Å². The minimum Gasteiger partial charge on any atom is -0.477 e. The molecule has 0 saturated carbocycles. The van der Waals surface area contributed by atoms with Crippen molar-refractivity contribution < 1.29 is 19.8 Å². The monoisotopic (exact) mass is 400 g/mol.